The largest absolute Gasteiger partial charge is 0.444 e. The van der Waals surface area contributed by atoms with Crippen LogP contribution < -0.4 is 0 Å². The third-order valence-corrected chi connectivity index (χ3v) is 4.18. The van der Waals surface area contributed by atoms with Gasteiger partial charge in [0, 0.05) is 6.42 Å². The van der Waals surface area contributed by atoms with Crippen LogP contribution in [-0.4, -0.2) is 39.6 Å². The van der Waals surface area contributed by atoms with Gasteiger partial charge in [-0.05, 0) is 47.5 Å². The lowest BCUT2D eigenvalue weighted by atomic mass is 9.83. The second-order valence-electron chi connectivity index (χ2n) is 7.18. The van der Waals surface area contributed by atoms with Gasteiger partial charge in [-0.25, -0.2) is 9.18 Å². The van der Waals surface area contributed by atoms with Crippen molar-refractivity contribution in [3.05, 3.63) is 0 Å². The second-order valence-corrected chi connectivity index (χ2v) is 7.18. The average molecular weight is 271 g/mol. The summed E-state index contributed by atoms with van der Waals surface area (Å²) >= 11 is 0. The van der Waals surface area contributed by atoms with Gasteiger partial charge in [-0.15, -0.1) is 0 Å². The third kappa shape index (κ3) is 2.13. The van der Waals surface area contributed by atoms with Crippen LogP contribution in [0.2, 0.25) is 0 Å². The van der Waals surface area contributed by atoms with Crippen LogP contribution in [0.25, 0.3) is 0 Å². The van der Waals surface area contributed by atoms with Crippen molar-refractivity contribution >= 4 is 11.9 Å². The van der Waals surface area contributed by atoms with Crippen LogP contribution >= 0.6 is 0 Å². The highest BCUT2D eigenvalue weighted by atomic mass is 19.1. The van der Waals surface area contributed by atoms with E-state index in [0.29, 0.717) is 12.8 Å². The molecule has 2 aliphatic rings. The van der Waals surface area contributed by atoms with E-state index in [-0.39, 0.29) is 6.42 Å². The highest BCUT2D eigenvalue weighted by Crippen LogP contribution is 2.50. The SMILES string of the molecule is CC(C)(C)OC(=O)N1[C@]2(C)CC[C@@]1(C)[C@H](F)C(=O)C2. The number of amides is 1. The number of carbonyl (C=O) groups excluding carboxylic acids is 2. The molecule has 1 amide bonds. The van der Waals surface area contributed by atoms with E-state index in [2.05, 4.69) is 0 Å². The minimum absolute atomic E-state index is 0.0724. The molecule has 0 aliphatic carbocycles. The first kappa shape index (κ1) is 14.3. The molecule has 0 spiro atoms. The summed E-state index contributed by atoms with van der Waals surface area (Å²) in [4.78, 5) is 25.6. The molecule has 0 aromatic heterocycles. The van der Waals surface area contributed by atoms with Crippen LogP contribution in [0.5, 0.6) is 0 Å². The lowest BCUT2D eigenvalue weighted by Gasteiger charge is -2.48. The third-order valence-electron chi connectivity index (χ3n) is 4.18. The summed E-state index contributed by atoms with van der Waals surface area (Å²) < 4.78 is 19.6. The topological polar surface area (TPSA) is 46.6 Å². The Kier molecular flexibility index (Phi) is 2.96. The van der Waals surface area contributed by atoms with E-state index >= 15 is 0 Å². The van der Waals surface area contributed by atoms with Gasteiger partial charge in [-0.3, -0.25) is 9.69 Å². The Hall–Kier alpha value is -1.13. The van der Waals surface area contributed by atoms with Crippen molar-refractivity contribution < 1.29 is 18.7 Å². The zero-order valence-electron chi connectivity index (χ0n) is 12.2. The molecule has 0 aromatic rings. The molecule has 2 heterocycles. The van der Waals surface area contributed by atoms with E-state index in [1.54, 1.807) is 27.7 Å². The minimum Gasteiger partial charge on any atom is -0.444 e. The number of rotatable bonds is 0. The molecule has 0 aromatic carbocycles. The molecule has 5 heteroatoms. The Balaban J connectivity index is 2.34. The van der Waals surface area contributed by atoms with Crippen LogP contribution in [0.15, 0.2) is 0 Å². The first-order valence-electron chi connectivity index (χ1n) is 6.70. The van der Waals surface area contributed by atoms with Gasteiger partial charge in [-0.1, -0.05) is 0 Å². The number of fused-ring (bicyclic) bond motifs is 2. The molecule has 2 fully saturated rings. The lowest BCUT2D eigenvalue weighted by molar-refractivity contribution is -0.139. The summed E-state index contributed by atoms with van der Waals surface area (Å²) in [6.45, 7) is 8.81. The summed E-state index contributed by atoms with van der Waals surface area (Å²) in [7, 11) is 0. The number of Topliss-reactive ketones (excluding diaryl/α,β-unsaturated/α-hetero) is 1. The Bertz CT molecular complexity index is 431. The van der Waals surface area contributed by atoms with E-state index in [1.807, 2.05) is 6.92 Å². The van der Waals surface area contributed by atoms with Gasteiger partial charge < -0.3 is 4.74 Å². The van der Waals surface area contributed by atoms with Crippen molar-refractivity contribution in [2.24, 2.45) is 0 Å². The molecule has 2 rings (SSSR count). The number of alkyl halides is 1. The predicted molar refractivity (Wildman–Crippen MR) is 68.6 cm³/mol. The molecular formula is C14H22FNO3. The summed E-state index contributed by atoms with van der Waals surface area (Å²) in [6, 6.07) is 0. The van der Waals surface area contributed by atoms with Gasteiger partial charge in [0.1, 0.15) is 5.60 Å². The maximum absolute atomic E-state index is 14.3. The Labute approximate surface area is 113 Å². The zero-order chi connectivity index (χ0) is 14.6. The van der Waals surface area contributed by atoms with E-state index in [0.717, 1.165) is 0 Å². The fourth-order valence-corrected chi connectivity index (χ4v) is 3.32. The maximum atomic E-state index is 14.3. The average Bonchev–Trinajstić information content (AvgIpc) is 2.43. The van der Waals surface area contributed by atoms with E-state index in [4.69, 9.17) is 4.74 Å². The van der Waals surface area contributed by atoms with E-state index < -0.39 is 34.7 Å². The van der Waals surface area contributed by atoms with Crippen molar-refractivity contribution in [1.29, 1.82) is 0 Å². The number of ether oxygens (including phenoxy) is 1. The van der Waals surface area contributed by atoms with Gasteiger partial charge in [0.05, 0.1) is 11.1 Å². The molecule has 4 nitrogen and oxygen atoms in total. The first-order valence-corrected chi connectivity index (χ1v) is 6.70. The van der Waals surface area contributed by atoms with Crippen LogP contribution in [-0.2, 0) is 9.53 Å². The fraction of sp³-hybridized carbons (Fsp3) is 0.857. The molecule has 2 saturated heterocycles. The van der Waals surface area contributed by atoms with Crippen molar-refractivity contribution in [3.63, 3.8) is 0 Å². The summed E-state index contributed by atoms with van der Waals surface area (Å²) in [5, 5.41) is 0. The van der Waals surface area contributed by atoms with Gasteiger partial charge >= 0.3 is 6.09 Å². The molecule has 3 atom stereocenters. The molecule has 2 aliphatic heterocycles. The Morgan fingerprint density at radius 1 is 1.37 bits per heavy atom. The zero-order valence-corrected chi connectivity index (χ0v) is 12.2. The molecule has 0 unspecified atom stereocenters. The summed E-state index contributed by atoms with van der Waals surface area (Å²) in [5.74, 6) is -0.401. The molecular weight excluding hydrogens is 249 g/mol. The van der Waals surface area contributed by atoms with Crippen LogP contribution in [0.4, 0.5) is 9.18 Å². The number of ketones is 1. The monoisotopic (exact) mass is 271 g/mol. The first-order chi connectivity index (χ1) is 8.50. The molecule has 108 valence electrons. The molecule has 19 heavy (non-hydrogen) atoms. The minimum atomic E-state index is -1.62. The number of hydrogen-bond donors (Lipinski definition) is 0. The van der Waals surface area contributed by atoms with Crippen molar-refractivity contribution in [2.45, 2.75) is 76.7 Å². The Morgan fingerprint density at radius 2 is 1.95 bits per heavy atom. The highest BCUT2D eigenvalue weighted by Gasteiger charge is 2.63. The molecule has 2 bridgehead atoms. The second kappa shape index (κ2) is 3.93. The quantitative estimate of drug-likeness (QED) is 0.680. The van der Waals surface area contributed by atoms with Gasteiger partial charge in [0.2, 0.25) is 0 Å². The molecule has 0 radical (unpaired) electrons. The summed E-state index contributed by atoms with van der Waals surface area (Å²) in [5.41, 5.74) is -2.31. The lowest BCUT2D eigenvalue weighted by Crippen LogP contribution is -2.65. The number of carbonyl (C=O) groups is 2. The van der Waals surface area contributed by atoms with Crippen LogP contribution in [0.1, 0.15) is 53.9 Å². The molecule has 0 saturated carbocycles. The Morgan fingerprint density at radius 3 is 2.47 bits per heavy atom. The maximum Gasteiger partial charge on any atom is 0.411 e. The van der Waals surface area contributed by atoms with Crippen LogP contribution in [0.3, 0.4) is 0 Å². The normalized spacial score (nSPS) is 38.5. The van der Waals surface area contributed by atoms with Crippen LogP contribution in [0, 0.1) is 0 Å². The van der Waals surface area contributed by atoms with Crippen molar-refractivity contribution in [1.82, 2.24) is 4.90 Å². The number of hydrogen-bond acceptors (Lipinski definition) is 3. The van der Waals surface area contributed by atoms with E-state index in [9.17, 15) is 14.0 Å². The fourth-order valence-electron chi connectivity index (χ4n) is 3.32. The van der Waals surface area contributed by atoms with Gasteiger partial charge in [0.15, 0.2) is 12.0 Å². The highest BCUT2D eigenvalue weighted by molar-refractivity contribution is 5.89. The van der Waals surface area contributed by atoms with E-state index in [1.165, 1.54) is 4.90 Å². The van der Waals surface area contributed by atoms with Crippen molar-refractivity contribution in [2.75, 3.05) is 0 Å². The number of nitrogens with zero attached hydrogens (tertiary/aromatic N) is 1. The number of piperidine rings is 1. The van der Waals surface area contributed by atoms with Crippen molar-refractivity contribution in [3.8, 4) is 0 Å². The molecule has 0 N–H and O–H groups in total. The van der Waals surface area contributed by atoms with Gasteiger partial charge in [0.25, 0.3) is 0 Å². The smallest absolute Gasteiger partial charge is 0.411 e. The predicted octanol–water partition coefficient (Wildman–Crippen LogP) is 2.85. The van der Waals surface area contributed by atoms with Gasteiger partial charge in [-0.2, -0.15) is 0 Å². The standard InChI is InChI=1S/C14H22FNO3/c1-12(2,3)19-11(18)16-13(4)6-7-14(16,5)10(15)9(17)8-13/h10H,6-8H2,1-5H3/t10-,13-,14+/m1/s1. The summed E-state index contributed by atoms with van der Waals surface area (Å²) in [6.07, 6.45) is -0.936. The number of halogens is 1.